The Morgan fingerprint density at radius 2 is 1.50 bits per heavy atom. The second-order valence-corrected chi connectivity index (χ2v) is 4.85. The summed E-state index contributed by atoms with van der Waals surface area (Å²) in [6, 6.07) is -0.612. The van der Waals surface area contributed by atoms with Gasteiger partial charge in [-0.3, -0.25) is 9.59 Å². The Morgan fingerprint density at radius 3 is 1.61 bits per heavy atom. The van der Waals surface area contributed by atoms with Gasteiger partial charge >= 0.3 is 11.9 Å². The molecule has 2 fully saturated rings. The van der Waals surface area contributed by atoms with Crippen LogP contribution in [0, 0.1) is 11.8 Å². The molecule has 6 nitrogen and oxygen atoms in total. The number of hydrogen-bond acceptors (Lipinski definition) is 4. The molecule has 18 heavy (non-hydrogen) atoms. The molecule has 0 aromatic heterocycles. The molecular weight excluding hydrogens is 238 g/mol. The predicted octanol–water partition coefficient (Wildman–Crippen LogP) is 0.639. The van der Waals surface area contributed by atoms with Crippen molar-refractivity contribution in [3.63, 3.8) is 0 Å². The SMILES string of the molecule is N[C@@H](C(=O)O)C1CCC1.O=C(O)C(=O)C1CCC1. The molecule has 0 amide bonds. The Hall–Kier alpha value is -1.43. The van der Waals surface area contributed by atoms with Crippen LogP contribution in [0.4, 0.5) is 0 Å². The van der Waals surface area contributed by atoms with Crippen LogP contribution in [0.25, 0.3) is 0 Å². The van der Waals surface area contributed by atoms with Gasteiger partial charge in [-0.15, -0.1) is 0 Å². The molecule has 0 aromatic carbocycles. The van der Waals surface area contributed by atoms with E-state index in [1.54, 1.807) is 0 Å². The van der Waals surface area contributed by atoms with Gasteiger partial charge in [-0.1, -0.05) is 12.8 Å². The van der Waals surface area contributed by atoms with Gasteiger partial charge in [0.1, 0.15) is 6.04 Å². The van der Waals surface area contributed by atoms with Crippen molar-refractivity contribution in [3.8, 4) is 0 Å². The third-order valence-corrected chi connectivity index (χ3v) is 3.63. The van der Waals surface area contributed by atoms with E-state index in [4.69, 9.17) is 15.9 Å². The zero-order chi connectivity index (χ0) is 13.7. The summed E-state index contributed by atoms with van der Waals surface area (Å²) in [4.78, 5) is 30.7. The number of carbonyl (C=O) groups is 3. The van der Waals surface area contributed by atoms with Gasteiger partial charge in [-0.2, -0.15) is 0 Å². The van der Waals surface area contributed by atoms with Crippen molar-refractivity contribution >= 4 is 17.7 Å². The minimum atomic E-state index is -1.28. The molecule has 1 atom stereocenters. The molecule has 2 saturated carbocycles. The van der Waals surface area contributed by atoms with Gasteiger partial charge in [0.25, 0.3) is 0 Å². The van der Waals surface area contributed by atoms with Gasteiger partial charge in [0, 0.05) is 5.92 Å². The lowest BCUT2D eigenvalue weighted by molar-refractivity contribution is -0.152. The minimum Gasteiger partial charge on any atom is -0.480 e. The van der Waals surface area contributed by atoms with E-state index in [1.807, 2.05) is 0 Å². The van der Waals surface area contributed by atoms with Gasteiger partial charge in [-0.05, 0) is 31.6 Å². The molecular formula is C12H19NO5. The largest absolute Gasteiger partial charge is 0.480 e. The standard InChI is InChI=1S/C6H11NO2.C6H8O3/c2*7-5(6(8)9)4-2-1-3-4/h4-5H,1-3,7H2,(H,8,9);4H,1-3H2,(H,8,9)/t5-;/m1./s1. The lowest BCUT2D eigenvalue weighted by Crippen LogP contribution is -2.41. The van der Waals surface area contributed by atoms with E-state index in [0.29, 0.717) is 0 Å². The lowest BCUT2D eigenvalue weighted by atomic mass is 9.80. The summed E-state index contributed by atoms with van der Waals surface area (Å²) >= 11 is 0. The molecule has 4 N–H and O–H groups in total. The van der Waals surface area contributed by atoms with Crippen LogP contribution in [-0.2, 0) is 14.4 Å². The second-order valence-electron chi connectivity index (χ2n) is 4.85. The van der Waals surface area contributed by atoms with Crippen LogP contribution >= 0.6 is 0 Å². The lowest BCUT2D eigenvalue weighted by Gasteiger charge is -2.28. The summed E-state index contributed by atoms with van der Waals surface area (Å²) in [5, 5.41) is 16.6. The Balaban J connectivity index is 0.000000180. The molecule has 0 heterocycles. The summed E-state index contributed by atoms with van der Waals surface area (Å²) in [5.41, 5.74) is 5.32. The van der Waals surface area contributed by atoms with E-state index in [-0.39, 0.29) is 11.8 Å². The van der Waals surface area contributed by atoms with Crippen molar-refractivity contribution in [3.05, 3.63) is 0 Å². The highest BCUT2D eigenvalue weighted by Crippen LogP contribution is 2.28. The number of Topliss-reactive ketones (excluding diaryl/α,β-unsaturated/α-hetero) is 1. The average Bonchev–Trinajstić information content (AvgIpc) is 2.12. The van der Waals surface area contributed by atoms with E-state index >= 15 is 0 Å². The van der Waals surface area contributed by atoms with Crippen LogP contribution in [0.15, 0.2) is 0 Å². The van der Waals surface area contributed by atoms with Crippen LogP contribution in [0.3, 0.4) is 0 Å². The summed E-state index contributed by atoms with van der Waals surface area (Å²) in [5.74, 6) is -2.66. The summed E-state index contributed by atoms with van der Waals surface area (Å²) in [6.45, 7) is 0. The zero-order valence-electron chi connectivity index (χ0n) is 10.2. The highest BCUT2D eigenvalue weighted by Gasteiger charge is 2.29. The Kier molecular flexibility index (Phi) is 5.27. The van der Waals surface area contributed by atoms with E-state index in [2.05, 4.69) is 0 Å². The first kappa shape index (κ1) is 14.6. The van der Waals surface area contributed by atoms with E-state index in [9.17, 15) is 14.4 Å². The molecule has 0 bridgehead atoms. The number of hydrogen-bond donors (Lipinski definition) is 3. The number of carboxylic acids is 2. The maximum atomic E-state index is 10.5. The van der Waals surface area contributed by atoms with Crippen molar-refractivity contribution in [2.45, 2.75) is 44.6 Å². The topological polar surface area (TPSA) is 118 Å². The average molecular weight is 257 g/mol. The smallest absolute Gasteiger partial charge is 0.372 e. The van der Waals surface area contributed by atoms with Crippen molar-refractivity contribution in [2.75, 3.05) is 0 Å². The van der Waals surface area contributed by atoms with Crippen LogP contribution in [0.2, 0.25) is 0 Å². The summed E-state index contributed by atoms with van der Waals surface area (Å²) in [6.07, 6.45) is 5.67. The van der Waals surface area contributed by atoms with E-state index < -0.39 is 23.8 Å². The zero-order valence-corrected chi connectivity index (χ0v) is 10.2. The molecule has 2 rings (SSSR count). The van der Waals surface area contributed by atoms with E-state index in [0.717, 1.165) is 38.5 Å². The molecule has 0 aliphatic heterocycles. The van der Waals surface area contributed by atoms with Crippen LogP contribution in [-0.4, -0.2) is 34.0 Å². The summed E-state index contributed by atoms with van der Waals surface area (Å²) < 4.78 is 0. The Morgan fingerprint density at radius 1 is 1.00 bits per heavy atom. The highest BCUT2D eigenvalue weighted by atomic mass is 16.4. The van der Waals surface area contributed by atoms with Gasteiger partial charge in [0.05, 0.1) is 0 Å². The normalized spacial score (nSPS) is 20.7. The van der Waals surface area contributed by atoms with Crippen LogP contribution in [0.5, 0.6) is 0 Å². The number of nitrogens with two attached hydrogens (primary N) is 1. The second kappa shape index (κ2) is 6.49. The molecule has 2 aliphatic carbocycles. The molecule has 0 aromatic rings. The van der Waals surface area contributed by atoms with Gasteiger partial charge in [0.2, 0.25) is 5.78 Å². The molecule has 0 unspecified atom stereocenters. The molecule has 102 valence electrons. The number of carboxylic acid groups (broad SMARTS) is 2. The first-order chi connectivity index (χ1) is 8.43. The van der Waals surface area contributed by atoms with Crippen molar-refractivity contribution in [2.24, 2.45) is 17.6 Å². The van der Waals surface area contributed by atoms with Gasteiger partial charge in [0.15, 0.2) is 0 Å². The predicted molar refractivity (Wildman–Crippen MR) is 62.9 cm³/mol. The molecule has 2 aliphatic rings. The fourth-order valence-electron chi connectivity index (χ4n) is 1.85. The number of rotatable bonds is 4. The third-order valence-electron chi connectivity index (χ3n) is 3.63. The number of aliphatic carboxylic acids is 2. The maximum absolute atomic E-state index is 10.5. The molecule has 0 spiro atoms. The molecule has 6 heteroatoms. The fraction of sp³-hybridized carbons (Fsp3) is 0.750. The first-order valence-corrected chi connectivity index (χ1v) is 6.19. The van der Waals surface area contributed by atoms with Crippen LogP contribution < -0.4 is 5.73 Å². The maximum Gasteiger partial charge on any atom is 0.372 e. The monoisotopic (exact) mass is 257 g/mol. The van der Waals surface area contributed by atoms with Gasteiger partial charge in [-0.25, -0.2) is 4.79 Å². The highest BCUT2D eigenvalue weighted by molar-refractivity contribution is 6.33. The van der Waals surface area contributed by atoms with Crippen molar-refractivity contribution in [1.29, 1.82) is 0 Å². The third kappa shape index (κ3) is 3.80. The quantitative estimate of drug-likeness (QED) is 0.636. The van der Waals surface area contributed by atoms with Crippen molar-refractivity contribution in [1.82, 2.24) is 0 Å². The molecule has 0 saturated heterocycles. The van der Waals surface area contributed by atoms with E-state index in [1.165, 1.54) is 0 Å². The Bertz CT molecular complexity index is 333. The minimum absolute atomic E-state index is 0.164. The number of carbonyl (C=O) groups excluding carboxylic acids is 1. The fourth-order valence-corrected chi connectivity index (χ4v) is 1.85. The van der Waals surface area contributed by atoms with Gasteiger partial charge < -0.3 is 15.9 Å². The number of ketones is 1. The molecule has 0 radical (unpaired) electrons. The van der Waals surface area contributed by atoms with Crippen molar-refractivity contribution < 1.29 is 24.6 Å². The first-order valence-electron chi connectivity index (χ1n) is 6.19. The Labute approximate surface area is 105 Å². The van der Waals surface area contributed by atoms with Crippen LogP contribution in [0.1, 0.15) is 38.5 Å². The summed E-state index contributed by atoms with van der Waals surface area (Å²) in [7, 11) is 0.